The van der Waals surface area contributed by atoms with Crippen molar-refractivity contribution in [1.29, 1.82) is 0 Å². The van der Waals surface area contributed by atoms with E-state index in [-0.39, 0.29) is 30.0 Å². The molecule has 1 aliphatic carbocycles. The van der Waals surface area contributed by atoms with Crippen molar-refractivity contribution in [3.05, 3.63) is 29.3 Å². The maximum atomic E-state index is 13.5. The van der Waals surface area contributed by atoms with Crippen LogP contribution in [0.4, 0.5) is 4.79 Å². The van der Waals surface area contributed by atoms with Gasteiger partial charge in [0.25, 0.3) is 0 Å². The van der Waals surface area contributed by atoms with E-state index >= 15 is 0 Å². The second-order valence-electron chi connectivity index (χ2n) is 7.61. The van der Waals surface area contributed by atoms with Crippen LogP contribution >= 0.6 is 11.6 Å². The molecule has 1 atom stereocenters. The van der Waals surface area contributed by atoms with Crippen LogP contribution in [0.15, 0.2) is 29.2 Å². The van der Waals surface area contributed by atoms with Crippen molar-refractivity contribution in [2.45, 2.75) is 61.1 Å². The third kappa shape index (κ3) is 4.38. The molecule has 1 aliphatic heterocycles. The van der Waals surface area contributed by atoms with Gasteiger partial charge in [-0.25, -0.2) is 13.2 Å². The number of carbonyl (C=O) groups excluding carboxylic acids is 2. The van der Waals surface area contributed by atoms with E-state index in [0.717, 1.165) is 6.42 Å². The second kappa shape index (κ2) is 8.92. The zero-order chi connectivity index (χ0) is 21.1. The number of halogens is 1. The zero-order valence-electron chi connectivity index (χ0n) is 16.5. The van der Waals surface area contributed by atoms with Gasteiger partial charge in [0.05, 0.1) is 11.5 Å². The van der Waals surface area contributed by atoms with E-state index in [2.05, 4.69) is 5.32 Å². The molecule has 1 saturated carbocycles. The molecule has 0 aromatic heterocycles. The summed E-state index contributed by atoms with van der Waals surface area (Å²) in [6, 6.07) is 5.74. The fraction of sp³-hybridized carbons (Fsp3) is 0.600. The lowest BCUT2D eigenvalue weighted by Crippen LogP contribution is -2.57. The van der Waals surface area contributed by atoms with Crippen LogP contribution in [0.1, 0.15) is 45.4 Å². The van der Waals surface area contributed by atoms with Gasteiger partial charge in [0.15, 0.2) is 14.6 Å². The van der Waals surface area contributed by atoms with E-state index in [9.17, 15) is 18.0 Å². The van der Waals surface area contributed by atoms with Gasteiger partial charge in [0, 0.05) is 24.2 Å². The van der Waals surface area contributed by atoms with Crippen LogP contribution in [0.2, 0.25) is 5.02 Å². The smallest absolute Gasteiger partial charge is 0.407 e. The number of benzene rings is 1. The van der Waals surface area contributed by atoms with Crippen molar-refractivity contribution >= 4 is 33.4 Å². The summed E-state index contributed by atoms with van der Waals surface area (Å²) in [4.78, 5) is 27.0. The van der Waals surface area contributed by atoms with Crippen molar-refractivity contribution < 1.29 is 22.7 Å². The number of alkyl carbamates (subject to hydrolysis) is 1. The molecule has 1 aromatic rings. The van der Waals surface area contributed by atoms with Gasteiger partial charge in [-0.05, 0) is 56.9 Å². The largest absolute Gasteiger partial charge is 0.450 e. The lowest BCUT2D eigenvalue weighted by atomic mass is 10.0. The van der Waals surface area contributed by atoms with E-state index in [4.69, 9.17) is 16.3 Å². The highest BCUT2D eigenvalue weighted by Gasteiger charge is 2.54. The van der Waals surface area contributed by atoms with Crippen LogP contribution in [0, 0.1) is 0 Å². The monoisotopic (exact) mass is 442 g/mol. The number of nitrogens with one attached hydrogen (secondary N) is 1. The van der Waals surface area contributed by atoms with Crippen LogP contribution < -0.4 is 5.32 Å². The molecule has 1 aromatic carbocycles. The Kier molecular flexibility index (Phi) is 6.73. The summed E-state index contributed by atoms with van der Waals surface area (Å²) in [5.41, 5.74) is 0. The summed E-state index contributed by atoms with van der Waals surface area (Å²) >= 11 is 5.91. The Balaban J connectivity index is 1.84. The molecule has 2 amide bonds. The Bertz CT molecular complexity index is 850. The Hall–Kier alpha value is -1.80. The third-order valence-electron chi connectivity index (χ3n) is 5.75. The van der Waals surface area contributed by atoms with Gasteiger partial charge in [0.1, 0.15) is 0 Å². The average molecular weight is 443 g/mol. The minimum absolute atomic E-state index is 0.121. The molecule has 9 heteroatoms. The quantitative estimate of drug-likeness (QED) is 0.756. The van der Waals surface area contributed by atoms with Gasteiger partial charge < -0.3 is 15.0 Å². The molecule has 160 valence electrons. The van der Waals surface area contributed by atoms with E-state index in [1.807, 2.05) is 0 Å². The first-order chi connectivity index (χ1) is 13.8. The molecule has 1 unspecified atom stereocenters. The van der Waals surface area contributed by atoms with Crippen LogP contribution in [0.3, 0.4) is 0 Å². The highest BCUT2D eigenvalue weighted by Crippen LogP contribution is 2.42. The Labute approximate surface area is 176 Å². The molecule has 0 radical (unpaired) electrons. The fourth-order valence-corrected chi connectivity index (χ4v) is 6.55. The lowest BCUT2D eigenvalue weighted by Gasteiger charge is -2.38. The summed E-state index contributed by atoms with van der Waals surface area (Å²) in [5.74, 6) is -0.361. The topological polar surface area (TPSA) is 92.8 Å². The van der Waals surface area contributed by atoms with Crippen molar-refractivity contribution in [2.75, 3.05) is 19.7 Å². The average Bonchev–Trinajstić information content (AvgIpc) is 3.20. The third-order valence-corrected chi connectivity index (χ3v) is 8.50. The highest BCUT2D eigenvalue weighted by molar-refractivity contribution is 7.93. The normalized spacial score (nSPS) is 21.6. The predicted octanol–water partition coefficient (Wildman–Crippen LogP) is 3.16. The first-order valence-electron chi connectivity index (χ1n) is 10.0. The lowest BCUT2D eigenvalue weighted by molar-refractivity contribution is -0.135. The molecule has 0 spiro atoms. The number of nitrogens with zero attached hydrogens (tertiary/aromatic N) is 1. The Morgan fingerprint density at radius 1 is 1.21 bits per heavy atom. The number of sulfone groups is 1. The van der Waals surface area contributed by atoms with Crippen molar-refractivity contribution in [2.24, 2.45) is 0 Å². The number of hydrogen-bond donors (Lipinski definition) is 1. The number of likely N-dealkylation sites (tertiary alicyclic amines) is 1. The molecular formula is C20H27ClN2O5S. The maximum absolute atomic E-state index is 13.5. The number of hydrogen-bond acceptors (Lipinski definition) is 5. The van der Waals surface area contributed by atoms with Gasteiger partial charge in [-0.1, -0.05) is 24.4 Å². The molecule has 2 fully saturated rings. The van der Waals surface area contributed by atoms with Crippen LogP contribution in [-0.4, -0.2) is 55.8 Å². The molecule has 2 aliphatic rings. The Morgan fingerprint density at radius 3 is 2.48 bits per heavy atom. The molecule has 0 bridgehead atoms. The Morgan fingerprint density at radius 2 is 1.86 bits per heavy atom. The maximum Gasteiger partial charge on any atom is 0.407 e. The number of amides is 2. The first kappa shape index (κ1) is 21.9. The summed E-state index contributed by atoms with van der Waals surface area (Å²) < 4.78 is 30.5. The first-order valence-corrected chi connectivity index (χ1v) is 11.9. The predicted molar refractivity (Wildman–Crippen MR) is 110 cm³/mol. The SMILES string of the molecule is CCOC(=O)NC1CCCN(C(=O)C2(S(=O)(=O)c3ccc(Cl)cc3)CCCC2)C1. The van der Waals surface area contributed by atoms with Crippen LogP contribution in [0.5, 0.6) is 0 Å². The van der Waals surface area contributed by atoms with Crippen LogP contribution in [0.25, 0.3) is 0 Å². The minimum Gasteiger partial charge on any atom is -0.450 e. The standard InChI is InChI=1S/C20H27ClN2O5S/c1-2-28-19(25)22-16-6-5-13-23(14-16)18(24)20(11-3-4-12-20)29(26,27)17-9-7-15(21)8-10-17/h7-10,16H,2-6,11-14H2,1H3,(H,22,25). The molecular weight excluding hydrogens is 416 g/mol. The number of carbonyl (C=O) groups is 2. The van der Waals surface area contributed by atoms with E-state index in [1.165, 1.54) is 24.3 Å². The summed E-state index contributed by atoms with van der Waals surface area (Å²) in [6.07, 6.45) is 2.90. The van der Waals surface area contributed by atoms with Crippen molar-refractivity contribution in [3.8, 4) is 0 Å². The van der Waals surface area contributed by atoms with Crippen molar-refractivity contribution in [1.82, 2.24) is 10.2 Å². The van der Waals surface area contributed by atoms with E-state index in [0.29, 0.717) is 43.7 Å². The highest BCUT2D eigenvalue weighted by atomic mass is 35.5. The molecule has 7 nitrogen and oxygen atoms in total. The van der Waals surface area contributed by atoms with Gasteiger partial charge in [-0.15, -0.1) is 0 Å². The van der Waals surface area contributed by atoms with Crippen LogP contribution in [-0.2, 0) is 19.4 Å². The van der Waals surface area contributed by atoms with E-state index in [1.54, 1.807) is 11.8 Å². The van der Waals surface area contributed by atoms with Gasteiger partial charge >= 0.3 is 6.09 Å². The molecule has 1 saturated heterocycles. The number of rotatable bonds is 5. The number of ether oxygens (including phenoxy) is 1. The van der Waals surface area contributed by atoms with E-state index < -0.39 is 20.7 Å². The van der Waals surface area contributed by atoms with Crippen molar-refractivity contribution in [3.63, 3.8) is 0 Å². The summed E-state index contributed by atoms with van der Waals surface area (Å²) in [7, 11) is -3.88. The van der Waals surface area contributed by atoms with Gasteiger partial charge in [-0.2, -0.15) is 0 Å². The van der Waals surface area contributed by atoms with Gasteiger partial charge in [0.2, 0.25) is 5.91 Å². The molecule has 1 heterocycles. The molecule has 1 N–H and O–H groups in total. The second-order valence-corrected chi connectivity index (χ2v) is 10.3. The van der Waals surface area contributed by atoms with Gasteiger partial charge in [-0.3, -0.25) is 4.79 Å². The summed E-state index contributed by atoms with van der Waals surface area (Å²) in [6.45, 7) is 2.76. The summed E-state index contributed by atoms with van der Waals surface area (Å²) in [5, 5.41) is 3.21. The minimum atomic E-state index is -3.88. The zero-order valence-corrected chi connectivity index (χ0v) is 18.1. The molecule has 29 heavy (non-hydrogen) atoms. The fourth-order valence-electron chi connectivity index (χ4n) is 4.29. The molecule has 3 rings (SSSR count). The number of piperidine rings is 1.